The Morgan fingerprint density at radius 2 is 1.85 bits per heavy atom. The predicted molar refractivity (Wildman–Crippen MR) is 111 cm³/mol. The van der Waals surface area contributed by atoms with Crippen LogP contribution in [0.3, 0.4) is 0 Å². The van der Waals surface area contributed by atoms with E-state index < -0.39 is 0 Å². The second-order valence-corrected chi connectivity index (χ2v) is 9.12. The van der Waals surface area contributed by atoms with Crippen molar-refractivity contribution in [3.8, 4) is 5.75 Å². The molecule has 0 fully saturated rings. The summed E-state index contributed by atoms with van der Waals surface area (Å²) in [5.74, 6) is 0.182. The number of hydrogen-bond donors (Lipinski definition) is 1. The maximum Gasteiger partial charge on any atom is 0.123 e. The Labute approximate surface area is 159 Å². The molecule has 0 radical (unpaired) electrons. The first kappa shape index (κ1) is 20.9. The van der Waals surface area contributed by atoms with Crippen LogP contribution in [-0.2, 0) is 11.7 Å². The summed E-state index contributed by atoms with van der Waals surface area (Å²) in [6, 6.07) is 11.0. The molecule has 1 N–H and O–H groups in total. The van der Waals surface area contributed by atoms with Crippen LogP contribution in [0, 0.1) is 12.7 Å². The molecule has 4 heteroatoms. The van der Waals surface area contributed by atoms with Gasteiger partial charge in [-0.05, 0) is 62.9 Å². The third kappa shape index (κ3) is 4.84. The number of phenolic OH excluding ortho intramolecular Hbond substituents is 1. The summed E-state index contributed by atoms with van der Waals surface area (Å²) in [7, 11) is 4.49. The lowest BCUT2D eigenvalue weighted by molar-refractivity contribution is 0.402. The molecule has 2 nitrogen and oxygen atoms in total. The van der Waals surface area contributed by atoms with E-state index in [1.54, 1.807) is 18.2 Å². The topological polar surface area (TPSA) is 23.5 Å². The zero-order valence-corrected chi connectivity index (χ0v) is 17.6. The van der Waals surface area contributed by atoms with Crippen LogP contribution in [0.5, 0.6) is 5.75 Å². The van der Waals surface area contributed by atoms with Crippen molar-refractivity contribution < 1.29 is 9.50 Å². The Bertz CT molecular complexity index is 747. The van der Waals surface area contributed by atoms with Gasteiger partial charge in [0.2, 0.25) is 0 Å². The molecule has 142 valence electrons. The minimum absolute atomic E-state index is 0.121. The molecule has 2 aromatic rings. The zero-order chi connectivity index (χ0) is 19.3. The van der Waals surface area contributed by atoms with Crippen LogP contribution in [-0.4, -0.2) is 24.1 Å². The lowest BCUT2D eigenvalue weighted by Gasteiger charge is -2.35. The summed E-state index contributed by atoms with van der Waals surface area (Å²) in [5, 5.41) is 11.7. The van der Waals surface area contributed by atoms with E-state index in [1.807, 2.05) is 26.2 Å². The summed E-state index contributed by atoms with van der Waals surface area (Å²) < 4.78 is 13.8. The first-order valence-electron chi connectivity index (χ1n) is 9.32. The molecular weight excluding hydrogens is 344 g/mol. The Balaban J connectivity index is 2.54. The van der Waals surface area contributed by atoms with Crippen LogP contribution in [0.2, 0.25) is 0 Å². The van der Waals surface area contributed by atoms with Crippen molar-refractivity contribution in [1.82, 2.24) is 4.90 Å². The monoisotopic (exact) mass is 375 g/mol. The Kier molecular flexibility index (Phi) is 7.20. The van der Waals surface area contributed by atoms with E-state index >= 15 is 0 Å². The molecule has 2 rings (SSSR count). The van der Waals surface area contributed by atoms with E-state index in [0.717, 1.165) is 36.0 Å². The van der Waals surface area contributed by atoms with Crippen LogP contribution >= 0.6 is 8.58 Å². The van der Waals surface area contributed by atoms with Gasteiger partial charge >= 0.3 is 0 Å². The minimum atomic E-state index is -0.189. The number of halogens is 1. The molecule has 0 aliphatic rings. The third-order valence-corrected chi connectivity index (χ3v) is 6.98. The SMILES string of the molecule is CCCC(CC)(Pc1ccc(F)cc1CN(C)C)c1cc(C)ccc1O. The van der Waals surface area contributed by atoms with Crippen LogP contribution in [0.25, 0.3) is 0 Å². The van der Waals surface area contributed by atoms with Crippen LogP contribution in [0.1, 0.15) is 49.8 Å². The quantitative estimate of drug-likeness (QED) is 0.632. The molecule has 0 saturated carbocycles. The maximum absolute atomic E-state index is 13.8. The van der Waals surface area contributed by atoms with Gasteiger partial charge in [-0.25, -0.2) is 4.39 Å². The van der Waals surface area contributed by atoms with Gasteiger partial charge in [-0.1, -0.05) is 52.6 Å². The van der Waals surface area contributed by atoms with E-state index in [4.69, 9.17) is 0 Å². The highest BCUT2D eigenvalue weighted by Gasteiger charge is 2.33. The van der Waals surface area contributed by atoms with Gasteiger partial charge in [-0.3, -0.25) is 0 Å². The van der Waals surface area contributed by atoms with Crippen molar-refractivity contribution in [1.29, 1.82) is 0 Å². The van der Waals surface area contributed by atoms with E-state index in [0.29, 0.717) is 20.9 Å². The van der Waals surface area contributed by atoms with Gasteiger partial charge in [0.15, 0.2) is 0 Å². The molecule has 0 amide bonds. The molecule has 2 aromatic carbocycles. The molecule has 0 saturated heterocycles. The van der Waals surface area contributed by atoms with Crippen LogP contribution in [0.4, 0.5) is 4.39 Å². The molecule has 0 aromatic heterocycles. The average Bonchev–Trinajstić information content (AvgIpc) is 2.58. The van der Waals surface area contributed by atoms with Crippen LogP contribution in [0.15, 0.2) is 36.4 Å². The van der Waals surface area contributed by atoms with Gasteiger partial charge in [0, 0.05) is 17.3 Å². The number of hydrogen-bond acceptors (Lipinski definition) is 2. The summed E-state index contributed by atoms with van der Waals surface area (Å²) in [4.78, 5) is 2.07. The van der Waals surface area contributed by atoms with Crippen molar-refractivity contribution in [2.24, 2.45) is 0 Å². The lowest BCUT2D eigenvalue weighted by Crippen LogP contribution is -2.25. The van der Waals surface area contributed by atoms with E-state index in [9.17, 15) is 9.50 Å². The standard InChI is InChI=1S/C22H31FNOP/c1-6-12-22(7-2,19-13-16(3)8-10-20(19)25)26-21-11-9-18(23)14-17(21)15-24(4)5/h8-11,13-14,25-26H,6-7,12,15H2,1-5H3. The van der Waals surface area contributed by atoms with Crippen molar-refractivity contribution in [3.05, 3.63) is 58.9 Å². The van der Waals surface area contributed by atoms with Gasteiger partial charge in [0.05, 0.1) is 0 Å². The van der Waals surface area contributed by atoms with Gasteiger partial charge in [0.1, 0.15) is 11.6 Å². The first-order chi connectivity index (χ1) is 12.3. The molecule has 2 atom stereocenters. The number of rotatable bonds is 8. The molecule has 0 spiro atoms. The average molecular weight is 375 g/mol. The molecule has 0 aliphatic heterocycles. The number of nitrogens with zero attached hydrogens (tertiary/aromatic N) is 1. The summed E-state index contributed by atoms with van der Waals surface area (Å²) in [5.41, 5.74) is 3.22. The molecule has 0 heterocycles. The second kappa shape index (κ2) is 8.97. The third-order valence-electron chi connectivity index (χ3n) is 4.88. The fourth-order valence-corrected chi connectivity index (χ4v) is 5.47. The highest BCUT2D eigenvalue weighted by molar-refractivity contribution is 7.48. The largest absolute Gasteiger partial charge is 0.508 e. The van der Waals surface area contributed by atoms with Crippen molar-refractivity contribution in [2.45, 2.75) is 51.7 Å². The highest BCUT2D eigenvalue weighted by Crippen LogP contribution is 2.51. The van der Waals surface area contributed by atoms with Gasteiger partial charge < -0.3 is 10.0 Å². The van der Waals surface area contributed by atoms with Crippen molar-refractivity contribution in [3.63, 3.8) is 0 Å². The highest BCUT2D eigenvalue weighted by atomic mass is 31.1. The Morgan fingerprint density at radius 3 is 2.46 bits per heavy atom. The Hall–Kier alpha value is -1.44. The maximum atomic E-state index is 13.8. The second-order valence-electron chi connectivity index (χ2n) is 7.37. The van der Waals surface area contributed by atoms with Gasteiger partial charge in [-0.2, -0.15) is 0 Å². The number of phenols is 1. The van der Waals surface area contributed by atoms with E-state index in [1.165, 1.54) is 5.30 Å². The van der Waals surface area contributed by atoms with E-state index in [-0.39, 0.29) is 11.0 Å². The minimum Gasteiger partial charge on any atom is -0.508 e. The summed E-state index contributed by atoms with van der Waals surface area (Å²) >= 11 is 0. The summed E-state index contributed by atoms with van der Waals surface area (Å²) in [6.07, 6.45) is 2.98. The summed E-state index contributed by atoms with van der Waals surface area (Å²) in [6.45, 7) is 7.16. The molecule has 2 unspecified atom stereocenters. The zero-order valence-electron chi connectivity index (χ0n) is 16.6. The predicted octanol–water partition coefficient (Wildman–Crippen LogP) is 5.31. The molecule has 26 heavy (non-hydrogen) atoms. The Morgan fingerprint density at radius 1 is 1.12 bits per heavy atom. The smallest absolute Gasteiger partial charge is 0.123 e. The van der Waals surface area contributed by atoms with Gasteiger partial charge in [0.25, 0.3) is 0 Å². The molecule has 0 bridgehead atoms. The number of aromatic hydroxyl groups is 1. The lowest BCUT2D eigenvalue weighted by atomic mass is 9.89. The number of benzene rings is 2. The fraction of sp³-hybridized carbons (Fsp3) is 0.455. The first-order valence-corrected chi connectivity index (χ1v) is 10.3. The molecular formula is C22H31FNOP. The van der Waals surface area contributed by atoms with E-state index in [2.05, 4.69) is 31.7 Å². The molecule has 0 aliphatic carbocycles. The fourth-order valence-electron chi connectivity index (χ4n) is 3.59. The normalized spacial score (nSPS) is 14.3. The van der Waals surface area contributed by atoms with Crippen molar-refractivity contribution in [2.75, 3.05) is 14.1 Å². The van der Waals surface area contributed by atoms with Crippen molar-refractivity contribution >= 4 is 13.9 Å². The van der Waals surface area contributed by atoms with Crippen LogP contribution < -0.4 is 5.30 Å². The number of aryl methyl sites for hydroxylation is 1. The van der Waals surface area contributed by atoms with Gasteiger partial charge in [-0.15, -0.1) is 0 Å².